The number of carbonyl (C=O) groups excluding carboxylic acids is 2. The Hall–Kier alpha value is -2.04. The van der Waals surface area contributed by atoms with Crippen LogP contribution in [-0.4, -0.2) is 26.2 Å². The molecule has 0 aliphatic carbocycles. The van der Waals surface area contributed by atoms with E-state index >= 15 is 0 Å². The topological polar surface area (TPSA) is 61.8 Å². The number of ether oxygens (including phenoxy) is 3. The molecule has 1 aromatic carbocycles. The molecule has 0 atom stereocenters. The van der Waals surface area contributed by atoms with Crippen LogP contribution in [0.3, 0.4) is 0 Å². The van der Waals surface area contributed by atoms with E-state index < -0.39 is 11.9 Å². The Bertz CT molecular complexity index is 467. The van der Waals surface area contributed by atoms with Gasteiger partial charge in [-0.2, -0.15) is 0 Å². The van der Waals surface area contributed by atoms with E-state index in [1.54, 1.807) is 12.1 Å². The number of carbonyl (C=O) groups is 2. The van der Waals surface area contributed by atoms with E-state index in [4.69, 9.17) is 14.2 Å². The second-order valence-electron chi connectivity index (χ2n) is 4.26. The molecule has 0 radical (unpaired) electrons. The summed E-state index contributed by atoms with van der Waals surface area (Å²) in [5.41, 5.74) is 0.177. The fraction of sp³-hybridized carbons (Fsp3) is 0.467. The van der Waals surface area contributed by atoms with Crippen LogP contribution in [0.2, 0.25) is 0 Å². The maximum Gasteiger partial charge on any atom is 0.349 e. The van der Waals surface area contributed by atoms with Crippen molar-refractivity contribution in [3.8, 4) is 11.5 Å². The standard InChI is InChI=1S/C15H20O5/c1-4-5-6-10-13(16)20-15(17)11-8-7-9-12(18-2)14(11)19-3/h7-9H,4-6,10H2,1-3H3. The van der Waals surface area contributed by atoms with E-state index in [9.17, 15) is 9.59 Å². The molecule has 0 aromatic heterocycles. The minimum atomic E-state index is -0.720. The van der Waals surface area contributed by atoms with E-state index in [1.807, 2.05) is 6.92 Å². The molecule has 20 heavy (non-hydrogen) atoms. The fourth-order valence-corrected chi connectivity index (χ4v) is 1.78. The average molecular weight is 280 g/mol. The largest absolute Gasteiger partial charge is 0.493 e. The first-order chi connectivity index (χ1) is 9.63. The summed E-state index contributed by atoms with van der Waals surface area (Å²) in [6, 6.07) is 4.83. The highest BCUT2D eigenvalue weighted by atomic mass is 16.6. The molecule has 0 unspecified atom stereocenters. The van der Waals surface area contributed by atoms with Gasteiger partial charge in [-0.3, -0.25) is 4.79 Å². The predicted octanol–water partition coefficient (Wildman–Crippen LogP) is 2.97. The van der Waals surface area contributed by atoms with Gasteiger partial charge in [-0.15, -0.1) is 0 Å². The number of benzene rings is 1. The number of para-hydroxylation sites is 1. The van der Waals surface area contributed by atoms with E-state index in [0.29, 0.717) is 5.75 Å². The lowest BCUT2D eigenvalue weighted by molar-refractivity contribution is -0.138. The van der Waals surface area contributed by atoms with Crippen molar-refractivity contribution in [2.24, 2.45) is 0 Å². The molecule has 0 saturated heterocycles. The van der Waals surface area contributed by atoms with Gasteiger partial charge in [-0.1, -0.05) is 25.8 Å². The number of unbranched alkanes of at least 4 members (excludes halogenated alkanes) is 2. The lowest BCUT2D eigenvalue weighted by atomic mass is 10.2. The van der Waals surface area contributed by atoms with E-state index in [1.165, 1.54) is 20.3 Å². The summed E-state index contributed by atoms with van der Waals surface area (Å²) in [7, 11) is 2.90. The van der Waals surface area contributed by atoms with Gasteiger partial charge >= 0.3 is 11.9 Å². The fourth-order valence-electron chi connectivity index (χ4n) is 1.78. The van der Waals surface area contributed by atoms with Gasteiger partial charge in [-0.05, 0) is 18.6 Å². The lowest BCUT2D eigenvalue weighted by Gasteiger charge is -2.11. The Balaban J connectivity index is 2.75. The molecule has 110 valence electrons. The molecule has 0 aliphatic rings. The second-order valence-corrected chi connectivity index (χ2v) is 4.26. The molecule has 5 heteroatoms. The second kappa shape index (κ2) is 8.19. The van der Waals surface area contributed by atoms with Crippen LogP contribution in [0.4, 0.5) is 0 Å². The van der Waals surface area contributed by atoms with Gasteiger partial charge in [0.1, 0.15) is 5.56 Å². The van der Waals surface area contributed by atoms with Crippen LogP contribution >= 0.6 is 0 Å². The van der Waals surface area contributed by atoms with E-state index in [0.717, 1.165) is 19.3 Å². The normalized spacial score (nSPS) is 9.95. The first-order valence-electron chi connectivity index (χ1n) is 6.60. The maximum absolute atomic E-state index is 12.0. The highest BCUT2D eigenvalue weighted by Crippen LogP contribution is 2.31. The van der Waals surface area contributed by atoms with Crippen LogP contribution in [0.5, 0.6) is 11.5 Å². The molecule has 1 aromatic rings. The van der Waals surface area contributed by atoms with Gasteiger partial charge in [0.15, 0.2) is 11.5 Å². The highest BCUT2D eigenvalue weighted by molar-refractivity contribution is 5.99. The van der Waals surface area contributed by atoms with E-state index in [2.05, 4.69) is 0 Å². The van der Waals surface area contributed by atoms with Crippen molar-refractivity contribution >= 4 is 11.9 Å². The molecular formula is C15H20O5. The van der Waals surface area contributed by atoms with Crippen LogP contribution in [0.1, 0.15) is 43.0 Å². The molecule has 0 bridgehead atoms. The summed E-state index contributed by atoms with van der Waals surface area (Å²) in [6.45, 7) is 2.04. The highest BCUT2D eigenvalue weighted by Gasteiger charge is 2.20. The minimum absolute atomic E-state index is 0.177. The monoisotopic (exact) mass is 280 g/mol. The van der Waals surface area contributed by atoms with Crippen LogP contribution in [-0.2, 0) is 9.53 Å². The Morgan fingerprint density at radius 3 is 2.45 bits per heavy atom. The first kappa shape index (κ1) is 16.0. The van der Waals surface area contributed by atoms with Gasteiger partial charge in [0, 0.05) is 6.42 Å². The molecular weight excluding hydrogens is 260 g/mol. The Morgan fingerprint density at radius 1 is 1.10 bits per heavy atom. The third-order valence-electron chi connectivity index (χ3n) is 2.81. The third-order valence-corrected chi connectivity index (χ3v) is 2.81. The quantitative estimate of drug-likeness (QED) is 0.436. The van der Waals surface area contributed by atoms with Crippen LogP contribution in [0, 0.1) is 0 Å². The zero-order valence-corrected chi connectivity index (χ0v) is 12.1. The zero-order chi connectivity index (χ0) is 15.0. The van der Waals surface area contributed by atoms with Crippen molar-refractivity contribution in [2.75, 3.05) is 14.2 Å². The molecule has 1 rings (SSSR count). The molecule has 5 nitrogen and oxygen atoms in total. The third kappa shape index (κ3) is 4.26. The Labute approximate surface area is 118 Å². The van der Waals surface area contributed by atoms with Crippen molar-refractivity contribution in [1.82, 2.24) is 0 Å². The minimum Gasteiger partial charge on any atom is -0.493 e. The lowest BCUT2D eigenvalue weighted by Crippen LogP contribution is -2.13. The van der Waals surface area contributed by atoms with Gasteiger partial charge in [0.2, 0.25) is 0 Å². The number of esters is 2. The summed E-state index contributed by atoms with van der Waals surface area (Å²) >= 11 is 0. The molecule has 0 amide bonds. The van der Waals surface area contributed by atoms with Crippen LogP contribution in [0.25, 0.3) is 0 Å². The summed E-state index contributed by atoms with van der Waals surface area (Å²) in [4.78, 5) is 23.5. The molecule has 0 fully saturated rings. The number of hydrogen-bond donors (Lipinski definition) is 0. The van der Waals surface area contributed by atoms with Gasteiger partial charge < -0.3 is 14.2 Å². The average Bonchev–Trinajstić information content (AvgIpc) is 2.46. The number of hydrogen-bond acceptors (Lipinski definition) is 5. The molecule has 0 saturated carbocycles. The first-order valence-corrected chi connectivity index (χ1v) is 6.60. The van der Waals surface area contributed by atoms with Crippen LogP contribution in [0.15, 0.2) is 18.2 Å². The summed E-state index contributed by atoms with van der Waals surface area (Å²) in [6.07, 6.45) is 2.90. The zero-order valence-electron chi connectivity index (χ0n) is 12.1. The summed E-state index contributed by atoms with van der Waals surface area (Å²) in [5.74, 6) is -0.558. The Morgan fingerprint density at radius 2 is 1.85 bits per heavy atom. The number of rotatable bonds is 7. The van der Waals surface area contributed by atoms with Crippen molar-refractivity contribution < 1.29 is 23.8 Å². The van der Waals surface area contributed by atoms with Crippen LogP contribution < -0.4 is 9.47 Å². The van der Waals surface area contributed by atoms with Gasteiger partial charge in [0.05, 0.1) is 14.2 Å². The van der Waals surface area contributed by atoms with Gasteiger partial charge in [-0.25, -0.2) is 4.79 Å². The molecule has 0 aliphatic heterocycles. The molecule has 0 N–H and O–H groups in total. The Kier molecular flexibility index (Phi) is 6.56. The number of methoxy groups -OCH3 is 2. The molecule has 0 spiro atoms. The van der Waals surface area contributed by atoms with E-state index in [-0.39, 0.29) is 17.7 Å². The summed E-state index contributed by atoms with van der Waals surface area (Å²) < 4.78 is 15.0. The van der Waals surface area contributed by atoms with Crippen molar-refractivity contribution in [2.45, 2.75) is 32.6 Å². The predicted molar refractivity (Wildman–Crippen MR) is 74.1 cm³/mol. The summed E-state index contributed by atoms with van der Waals surface area (Å²) in [5, 5.41) is 0. The maximum atomic E-state index is 12.0. The van der Waals surface area contributed by atoms with Crippen molar-refractivity contribution in [1.29, 1.82) is 0 Å². The SMILES string of the molecule is CCCCCC(=O)OC(=O)c1cccc(OC)c1OC. The smallest absolute Gasteiger partial charge is 0.349 e. The van der Waals surface area contributed by atoms with Gasteiger partial charge in [0.25, 0.3) is 0 Å². The molecule has 0 heterocycles. The van der Waals surface area contributed by atoms with Crippen molar-refractivity contribution in [3.05, 3.63) is 23.8 Å². The van der Waals surface area contributed by atoms with Crippen molar-refractivity contribution in [3.63, 3.8) is 0 Å².